The Morgan fingerprint density at radius 1 is 1.00 bits per heavy atom. The number of carboxylic acid groups (broad SMARTS) is 2. The van der Waals surface area contributed by atoms with Crippen molar-refractivity contribution in [2.75, 3.05) is 13.1 Å². The normalized spacial score (nSPS) is 11.3. The number of nitrogens with zero attached hydrogens (tertiary/aromatic N) is 1. The summed E-state index contributed by atoms with van der Waals surface area (Å²) in [6.07, 6.45) is 0. The molecule has 0 aliphatic carbocycles. The van der Waals surface area contributed by atoms with Crippen molar-refractivity contribution in [1.29, 1.82) is 0 Å². The van der Waals surface area contributed by atoms with Crippen LogP contribution < -0.4 is 0 Å². The van der Waals surface area contributed by atoms with Gasteiger partial charge in [-0.2, -0.15) is 0 Å². The maximum Gasteiger partial charge on any atom is 0.375 e. The predicted molar refractivity (Wildman–Crippen MR) is 71.2 cm³/mol. The first-order valence-corrected chi connectivity index (χ1v) is 6.33. The van der Waals surface area contributed by atoms with Gasteiger partial charge in [0.15, 0.2) is 0 Å². The third-order valence-corrected chi connectivity index (χ3v) is 3.52. The van der Waals surface area contributed by atoms with Crippen molar-refractivity contribution in [3.05, 3.63) is 35.9 Å². The molecular weight excluding hydrogens is 262 g/mol. The van der Waals surface area contributed by atoms with E-state index in [1.807, 2.05) is 0 Å². The van der Waals surface area contributed by atoms with E-state index in [-0.39, 0.29) is 13.1 Å². The Labute approximate surface area is 116 Å². The van der Waals surface area contributed by atoms with Gasteiger partial charge in [-0.25, -0.2) is 18.9 Å². The van der Waals surface area contributed by atoms with Crippen LogP contribution in [-0.2, 0) is 9.59 Å². The molecular formula is C14H18NO5+. The van der Waals surface area contributed by atoms with E-state index in [0.29, 0.717) is 5.56 Å². The van der Waals surface area contributed by atoms with Crippen molar-refractivity contribution in [3.8, 4) is 0 Å². The average molecular weight is 280 g/mol. The maximum atomic E-state index is 12.6. The van der Waals surface area contributed by atoms with Gasteiger partial charge >= 0.3 is 17.8 Å². The van der Waals surface area contributed by atoms with Crippen LogP contribution in [0.5, 0.6) is 0 Å². The van der Waals surface area contributed by atoms with Crippen molar-refractivity contribution in [2.24, 2.45) is 0 Å². The first-order chi connectivity index (χ1) is 9.40. The second-order valence-electron chi connectivity index (χ2n) is 4.42. The van der Waals surface area contributed by atoms with E-state index in [0.717, 1.165) is 0 Å². The molecule has 0 saturated carbocycles. The van der Waals surface area contributed by atoms with Gasteiger partial charge < -0.3 is 10.2 Å². The number of hydrogen-bond donors (Lipinski definition) is 2. The summed E-state index contributed by atoms with van der Waals surface area (Å²) in [7, 11) is 0. The fourth-order valence-electron chi connectivity index (χ4n) is 2.36. The van der Waals surface area contributed by atoms with Crippen molar-refractivity contribution in [2.45, 2.75) is 19.9 Å². The molecule has 0 aliphatic rings. The van der Waals surface area contributed by atoms with Crippen molar-refractivity contribution < 1.29 is 29.1 Å². The quantitative estimate of drug-likeness (QED) is 0.604. The number of quaternary nitrogens is 1. The van der Waals surface area contributed by atoms with Crippen LogP contribution in [-0.4, -0.2) is 51.7 Å². The Balaban J connectivity index is 3.37. The zero-order valence-electron chi connectivity index (χ0n) is 11.4. The zero-order chi connectivity index (χ0) is 15.3. The third kappa shape index (κ3) is 2.70. The van der Waals surface area contributed by atoms with Gasteiger partial charge in [-0.05, 0) is 26.0 Å². The van der Waals surface area contributed by atoms with Crippen LogP contribution >= 0.6 is 0 Å². The number of likely N-dealkylation sites (N-methyl/N-ethyl adjacent to an activating group) is 1. The molecule has 1 aromatic rings. The Hall–Kier alpha value is -2.21. The van der Waals surface area contributed by atoms with Crippen molar-refractivity contribution in [1.82, 2.24) is 0 Å². The highest BCUT2D eigenvalue weighted by molar-refractivity contribution is 6.00. The highest BCUT2D eigenvalue weighted by Gasteiger charge is 2.51. The Morgan fingerprint density at radius 2 is 1.45 bits per heavy atom. The number of hydrogen-bond acceptors (Lipinski definition) is 3. The van der Waals surface area contributed by atoms with Crippen LogP contribution in [0.2, 0.25) is 0 Å². The maximum absolute atomic E-state index is 12.6. The molecule has 108 valence electrons. The summed E-state index contributed by atoms with van der Waals surface area (Å²) in [6.45, 7) is 3.41. The number of carboxylic acids is 2. The summed E-state index contributed by atoms with van der Waals surface area (Å²) in [5.74, 6) is -3.51. The molecule has 0 aliphatic heterocycles. The lowest BCUT2D eigenvalue weighted by atomic mass is 10.1. The number of carbonyl (C=O) groups is 3. The van der Waals surface area contributed by atoms with Gasteiger partial charge in [0.2, 0.25) is 0 Å². The van der Waals surface area contributed by atoms with Gasteiger partial charge in [0.25, 0.3) is 6.04 Å². The van der Waals surface area contributed by atoms with Gasteiger partial charge in [0.05, 0.1) is 18.7 Å². The molecule has 1 rings (SSSR count). The van der Waals surface area contributed by atoms with E-state index in [2.05, 4.69) is 0 Å². The number of benzene rings is 1. The molecule has 6 nitrogen and oxygen atoms in total. The van der Waals surface area contributed by atoms with Crippen molar-refractivity contribution in [3.63, 3.8) is 0 Å². The van der Waals surface area contributed by atoms with E-state index in [1.54, 1.807) is 44.2 Å². The fraction of sp³-hybridized carbons (Fsp3) is 0.357. The first kappa shape index (κ1) is 15.8. The minimum Gasteiger partial charge on any atom is -0.476 e. The summed E-state index contributed by atoms with van der Waals surface area (Å²) in [5, 5.41) is 18.4. The SMILES string of the molecule is CC[N+](CC)(C(=O)c1ccccc1)C(C(=O)O)C(=O)O. The van der Waals surface area contributed by atoms with Crippen LogP contribution in [0.25, 0.3) is 0 Å². The molecule has 20 heavy (non-hydrogen) atoms. The van der Waals surface area contributed by atoms with Gasteiger partial charge in [-0.3, -0.25) is 0 Å². The van der Waals surface area contributed by atoms with Gasteiger partial charge in [0.1, 0.15) is 0 Å². The molecule has 0 fully saturated rings. The molecule has 0 radical (unpaired) electrons. The minimum absolute atomic E-state index is 0.0908. The predicted octanol–water partition coefficient (Wildman–Crippen LogP) is 1.22. The molecule has 0 atom stereocenters. The fourth-order valence-corrected chi connectivity index (χ4v) is 2.36. The largest absolute Gasteiger partial charge is 0.476 e. The number of rotatable bonds is 6. The van der Waals surface area contributed by atoms with E-state index in [4.69, 9.17) is 0 Å². The molecule has 1 aromatic carbocycles. The Morgan fingerprint density at radius 3 is 1.80 bits per heavy atom. The monoisotopic (exact) mass is 280 g/mol. The van der Waals surface area contributed by atoms with E-state index >= 15 is 0 Å². The lowest BCUT2D eigenvalue weighted by molar-refractivity contribution is -0.854. The highest BCUT2D eigenvalue weighted by Crippen LogP contribution is 2.20. The van der Waals surface area contributed by atoms with E-state index in [1.165, 1.54) is 0 Å². The van der Waals surface area contributed by atoms with Gasteiger partial charge in [-0.1, -0.05) is 18.2 Å². The molecule has 0 heterocycles. The van der Waals surface area contributed by atoms with Crippen LogP contribution in [0.1, 0.15) is 24.2 Å². The molecule has 1 amide bonds. The summed E-state index contributed by atoms with van der Waals surface area (Å²) in [4.78, 5) is 35.2. The molecule has 0 unspecified atom stereocenters. The molecule has 2 N–H and O–H groups in total. The Kier molecular flexibility index (Phi) is 4.99. The average Bonchev–Trinajstić information content (AvgIpc) is 2.44. The number of amides is 1. The summed E-state index contributed by atoms with van der Waals surface area (Å²) in [5.41, 5.74) is 0.309. The van der Waals surface area contributed by atoms with E-state index in [9.17, 15) is 24.6 Å². The lowest BCUT2D eigenvalue weighted by Gasteiger charge is -2.36. The molecule has 0 aromatic heterocycles. The second-order valence-corrected chi connectivity index (χ2v) is 4.42. The molecule has 0 saturated heterocycles. The number of carbonyl (C=O) groups excluding carboxylic acids is 1. The van der Waals surface area contributed by atoms with Gasteiger partial charge in [0, 0.05) is 0 Å². The van der Waals surface area contributed by atoms with Crippen LogP contribution in [0, 0.1) is 0 Å². The van der Waals surface area contributed by atoms with Crippen LogP contribution in [0.15, 0.2) is 30.3 Å². The summed E-state index contributed by atoms with van der Waals surface area (Å²) >= 11 is 0. The topological polar surface area (TPSA) is 91.7 Å². The second kappa shape index (κ2) is 6.29. The molecule has 0 spiro atoms. The summed E-state index contributed by atoms with van der Waals surface area (Å²) < 4.78 is -0.644. The smallest absolute Gasteiger partial charge is 0.375 e. The highest BCUT2D eigenvalue weighted by atomic mass is 16.4. The van der Waals surface area contributed by atoms with Crippen LogP contribution in [0.3, 0.4) is 0 Å². The Bertz CT molecular complexity index is 494. The van der Waals surface area contributed by atoms with E-state index < -0.39 is 28.4 Å². The molecule has 0 bridgehead atoms. The lowest BCUT2D eigenvalue weighted by Crippen LogP contribution is -2.64. The third-order valence-electron chi connectivity index (χ3n) is 3.52. The first-order valence-electron chi connectivity index (χ1n) is 6.33. The zero-order valence-corrected chi connectivity index (χ0v) is 11.4. The van der Waals surface area contributed by atoms with Crippen molar-refractivity contribution >= 4 is 17.8 Å². The standard InChI is InChI=1S/C14H17NO5/c1-3-15(4-2,11(13(17)18)14(19)20)12(16)10-8-6-5-7-9-10/h5-9,11H,3-4H2,1-2H3,(H-,17,18,19,20)/p+1. The van der Waals surface area contributed by atoms with Gasteiger partial charge in [-0.15, -0.1) is 0 Å². The summed E-state index contributed by atoms with van der Waals surface area (Å²) in [6, 6.07) is 6.35. The minimum atomic E-state index is -1.81. The van der Waals surface area contributed by atoms with Crippen LogP contribution in [0.4, 0.5) is 0 Å². The molecule has 6 heteroatoms. The number of aliphatic carboxylic acids is 2.